The smallest absolute Gasteiger partial charge is 0.321 e. The molecule has 1 heterocycles. The Kier molecular flexibility index (Phi) is 5.56. The molecule has 1 aliphatic heterocycles. The second kappa shape index (κ2) is 8.04. The third kappa shape index (κ3) is 4.42. The molecular weight excluding hydrogens is 326 g/mol. The van der Waals surface area contributed by atoms with Crippen molar-refractivity contribution >= 4 is 17.6 Å². The van der Waals surface area contributed by atoms with Crippen LogP contribution in [0.5, 0.6) is 0 Å². The van der Waals surface area contributed by atoms with Crippen molar-refractivity contribution in [1.29, 1.82) is 0 Å². The first-order valence-electron chi connectivity index (χ1n) is 9.00. The molecule has 2 aromatic rings. The summed E-state index contributed by atoms with van der Waals surface area (Å²) in [4.78, 5) is 27.0. The number of urea groups is 1. The van der Waals surface area contributed by atoms with Gasteiger partial charge < -0.3 is 15.5 Å². The van der Waals surface area contributed by atoms with Crippen LogP contribution < -0.4 is 10.6 Å². The number of carbonyl (C=O) groups excluding carboxylic acids is 2. The van der Waals surface area contributed by atoms with Gasteiger partial charge in [-0.1, -0.05) is 48.5 Å². The third-order valence-electron chi connectivity index (χ3n) is 4.85. The molecule has 1 fully saturated rings. The Hall–Kier alpha value is -2.82. The molecular formula is C21H25N3O2. The number of piperidine rings is 1. The van der Waals surface area contributed by atoms with Crippen LogP contribution in [0.3, 0.4) is 0 Å². The van der Waals surface area contributed by atoms with Crippen molar-refractivity contribution in [2.75, 3.05) is 18.4 Å². The van der Waals surface area contributed by atoms with Crippen molar-refractivity contribution in [2.45, 2.75) is 26.3 Å². The Morgan fingerprint density at radius 3 is 2.38 bits per heavy atom. The quantitative estimate of drug-likeness (QED) is 0.883. The largest absolute Gasteiger partial charge is 0.351 e. The molecule has 5 heteroatoms. The minimum Gasteiger partial charge on any atom is -0.351 e. The van der Waals surface area contributed by atoms with Crippen LogP contribution >= 0.6 is 0 Å². The van der Waals surface area contributed by atoms with Crippen LogP contribution in [0, 0.1) is 5.41 Å². The molecule has 26 heavy (non-hydrogen) atoms. The van der Waals surface area contributed by atoms with Gasteiger partial charge in [-0.15, -0.1) is 0 Å². The highest BCUT2D eigenvalue weighted by atomic mass is 16.2. The summed E-state index contributed by atoms with van der Waals surface area (Å²) in [7, 11) is 0. The summed E-state index contributed by atoms with van der Waals surface area (Å²) in [6, 6.07) is 19.1. The number of anilines is 1. The predicted molar refractivity (Wildman–Crippen MR) is 103 cm³/mol. The number of carbonyl (C=O) groups is 2. The lowest BCUT2D eigenvalue weighted by molar-refractivity contribution is -0.132. The zero-order valence-electron chi connectivity index (χ0n) is 15.1. The summed E-state index contributed by atoms with van der Waals surface area (Å²) in [6.07, 6.45) is 1.60. The van der Waals surface area contributed by atoms with Crippen LogP contribution in [-0.2, 0) is 11.3 Å². The maximum Gasteiger partial charge on any atom is 0.321 e. The van der Waals surface area contributed by atoms with Gasteiger partial charge in [0.15, 0.2) is 0 Å². The first-order valence-corrected chi connectivity index (χ1v) is 9.00. The van der Waals surface area contributed by atoms with E-state index in [0.717, 1.165) is 24.1 Å². The van der Waals surface area contributed by atoms with Crippen molar-refractivity contribution in [3.63, 3.8) is 0 Å². The van der Waals surface area contributed by atoms with E-state index in [0.29, 0.717) is 19.6 Å². The summed E-state index contributed by atoms with van der Waals surface area (Å²) < 4.78 is 0. The number of nitrogens with one attached hydrogen (secondary N) is 2. The number of hydrogen-bond acceptors (Lipinski definition) is 2. The van der Waals surface area contributed by atoms with E-state index in [4.69, 9.17) is 0 Å². The molecule has 0 saturated carbocycles. The number of benzene rings is 2. The van der Waals surface area contributed by atoms with Crippen LogP contribution in [0.25, 0.3) is 0 Å². The maximum atomic E-state index is 12.8. The molecule has 0 aromatic heterocycles. The number of likely N-dealkylation sites (tertiary alicyclic amines) is 1. The molecule has 0 bridgehead atoms. The summed E-state index contributed by atoms with van der Waals surface area (Å²) in [6.45, 7) is 3.53. The predicted octanol–water partition coefficient (Wildman–Crippen LogP) is 3.64. The van der Waals surface area contributed by atoms with Gasteiger partial charge in [-0.3, -0.25) is 4.79 Å². The number of amides is 3. The average Bonchev–Trinajstić information content (AvgIpc) is 2.67. The molecule has 0 aliphatic carbocycles. The molecule has 0 radical (unpaired) electrons. The lowest BCUT2D eigenvalue weighted by Crippen LogP contribution is -2.52. The Labute approximate surface area is 154 Å². The van der Waals surface area contributed by atoms with E-state index < -0.39 is 5.41 Å². The van der Waals surface area contributed by atoms with Crippen molar-refractivity contribution in [3.8, 4) is 0 Å². The van der Waals surface area contributed by atoms with Gasteiger partial charge in [0.05, 0.1) is 5.41 Å². The standard InChI is InChI=1S/C21H25N3O2/c1-21(19(25)22-15-17-9-4-2-5-10-17)13-8-14-24(16-21)20(26)23-18-11-6-3-7-12-18/h2-7,9-12H,8,13-16H2,1H3,(H,22,25)(H,23,26)/t21-/m1/s1. The highest BCUT2D eigenvalue weighted by molar-refractivity contribution is 5.90. The van der Waals surface area contributed by atoms with Crippen LogP contribution in [0.1, 0.15) is 25.3 Å². The van der Waals surface area contributed by atoms with Crippen molar-refractivity contribution < 1.29 is 9.59 Å². The minimum atomic E-state index is -0.568. The fraction of sp³-hybridized carbons (Fsp3) is 0.333. The lowest BCUT2D eigenvalue weighted by atomic mass is 9.81. The van der Waals surface area contributed by atoms with Crippen molar-refractivity contribution in [1.82, 2.24) is 10.2 Å². The van der Waals surface area contributed by atoms with E-state index in [2.05, 4.69) is 10.6 Å². The highest BCUT2D eigenvalue weighted by Crippen LogP contribution is 2.30. The number of rotatable bonds is 4. The van der Waals surface area contributed by atoms with Gasteiger partial charge in [-0.2, -0.15) is 0 Å². The molecule has 136 valence electrons. The van der Waals surface area contributed by atoms with Gasteiger partial charge in [0, 0.05) is 25.3 Å². The normalized spacial score (nSPS) is 19.7. The second-order valence-electron chi connectivity index (χ2n) is 7.05. The maximum absolute atomic E-state index is 12.8. The zero-order chi connectivity index (χ0) is 18.4. The average molecular weight is 351 g/mol. The Morgan fingerprint density at radius 2 is 1.69 bits per heavy atom. The van der Waals surface area contributed by atoms with Crippen molar-refractivity contribution in [3.05, 3.63) is 66.2 Å². The third-order valence-corrected chi connectivity index (χ3v) is 4.85. The van der Waals surface area contributed by atoms with Crippen LogP contribution in [0.15, 0.2) is 60.7 Å². The molecule has 2 N–H and O–H groups in total. The molecule has 1 atom stereocenters. The molecule has 5 nitrogen and oxygen atoms in total. The van der Waals surface area contributed by atoms with E-state index in [1.165, 1.54) is 0 Å². The summed E-state index contributed by atoms with van der Waals surface area (Å²) in [5.41, 5.74) is 1.26. The van der Waals surface area contributed by atoms with Gasteiger partial charge in [0.25, 0.3) is 0 Å². The topological polar surface area (TPSA) is 61.4 Å². The van der Waals surface area contributed by atoms with E-state index >= 15 is 0 Å². The van der Waals surface area contributed by atoms with Gasteiger partial charge in [-0.25, -0.2) is 4.79 Å². The van der Waals surface area contributed by atoms with E-state index in [1.807, 2.05) is 67.6 Å². The Balaban J connectivity index is 1.58. The van der Waals surface area contributed by atoms with Crippen LogP contribution in [0.4, 0.5) is 10.5 Å². The van der Waals surface area contributed by atoms with E-state index in [-0.39, 0.29) is 11.9 Å². The first kappa shape index (κ1) is 18.0. The molecule has 3 amide bonds. The number of hydrogen-bond donors (Lipinski definition) is 2. The molecule has 1 aliphatic rings. The zero-order valence-corrected chi connectivity index (χ0v) is 15.1. The summed E-state index contributed by atoms with van der Waals surface area (Å²) >= 11 is 0. The SMILES string of the molecule is C[C@@]1(C(=O)NCc2ccccc2)CCCN(C(=O)Nc2ccccc2)C1. The molecule has 1 saturated heterocycles. The fourth-order valence-electron chi connectivity index (χ4n) is 3.31. The van der Waals surface area contributed by atoms with Crippen molar-refractivity contribution in [2.24, 2.45) is 5.41 Å². The summed E-state index contributed by atoms with van der Waals surface area (Å²) in [5.74, 6) is -0.00133. The van der Waals surface area contributed by atoms with Crippen LogP contribution in [0.2, 0.25) is 0 Å². The molecule has 3 rings (SSSR count). The van der Waals surface area contributed by atoms with Gasteiger partial charge in [0.1, 0.15) is 0 Å². The molecule has 0 unspecified atom stereocenters. The number of nitrogens with zero attached hydrogens (tertiary/aromatic N) is 1. The van der Waals surface area contributed by atoms with Gasteiger partial charge in [0.2, 0.25) is 5.91 Å². The number of para-hydroxylation sites is 1. The van der Waals surface area contributed by atoms with Crippen LogP contribution in [-0.4, -0.2) is 29.9 Å². The second-order valence-corrected chi connectivity index (χ2v) is 7.05. The van der Waals surface area contributed by atoms with Gasteiger partial charge in [-0.05, 0) is 37.5 Å². The van der Waals surface area contributed by atoms with E-state index in [9.17, 15) is 9.59 Å². The molecule has 0 spiro atoms. The van der Waals surface area contributed by atoms with E-state index in [1.54, 1.807) is 4.90 Å². The van der Waals surface area contributed by atoms with Gasteiger partial charge >= 0.3 is 6.03 Å². The fourth-order valence-corrected chi connectivity index (χ4v) is 3.31. The first-order chi connectivity index (χ1) is 12.6. The highest BCUT2D eigenvalue weighted by Gasteiger charge is 2.39. The lowest BCUT2D eigenvalue weighted by Gasteiger charge is -2.39. The minimum absolute atomic E-state index is 0.00133. The Morgan fingerprint density at radius 1 is 1.04 bits per heavy atom. The molecule has 2 aromatic carbocycles. The Bertz CT molecular complexity index is 748. The summed E-state index contributed by atoms with van der Waals surface area (Å²) in [5, 5.41) is 5.92. The monoisotopic (exact) mass is 351 g/mol.